The van der Waals surface area contributed by atoms with Crippen molar-refractivity contribution in [3.8, 4) is 0 Å². The second-order valence-corrected chi connectivity index (χ2v) is 5.06. The van der Waals surface area contributed by atoms with Gasteiger partial charge in [0, 0.05) is 18.3 Å². The Labute approximate surface area is 101 Å². The average Bonchev–Trinajstić information content (AvgIpc) is 2.81. The zero-order chi connectivity index (χ0) is 11.8. The molecule has 3 heteroatoms. The quantitative estimate of drug-likeness (QED) is 0.702. The lowest BCUT2D eigenvalue weighted by atomic mass is 9.85. The molecule has 1 aromatic heterocycles. The van der Waals surface area contributed by atoms with E-state index in [1.807, 2.05) is 6.20 Å². The van der Waals surface area contributed by atoms with Crippen LogP contribution in [0.2, 0.25) is 0 Å². The molecule has 3 atom stereocenters. The maximum absolute atomic E-state index is 6.34. The van der Waals surface area contributed by atoms with Crippen LogP contribution in [0.5, 0.6) is 0 Å². The van der Waals surface area contributed by atoms with E-state index in [9.17, 15) is 0 Å². The summed E-state index contributed by atoms with van der Waals surface area (Å²) in [6.07, 6.45) is 3.16. The molecule has 2 aromatic rings. The number of piperidine rings is 1. The van der Waals surface area contributed by atoms with E-state index >= 15 is 0 Å². The van der Waals surface area contributed by atoms with Gasteiger partial charge in [-0.25, -0.2) is 0 Å². The van der Waals surface area contributed by atoms with E-state index < -0.39 is 0 Å². The number of hydrogen-bond donors (Lipinski definition) is 3. The third-order valence-corrected chi connectivity index (χ3v) is 3.96. The Morgan fingerprint density at radius 2 is 2.18 bits per heavy atom. The summed E-state index contributed by atoms with van der Waals surface area (Å²) in [5.41, 5.74) is 8.85. The second-order valence-electron chi connectivity index (χ2n) is 5.06. The van der Waals surface area contributed by atoms with Crippen LogP contribution in [-0.4, -0.2) is 17.6 Å². The Morgan fingerprint density at radius 3 is 3.06 bits per heavy atom. The van der Waals surface area contributed by atoms with Crippen LogP contribution in [0, 0.1) is 5.92 Å². The Balaban J connectivity index is 2.05. The van der Waals surface area contributed by atoms with E-state index in [2.05, 4.69) is 41.5 Å². The monoisotopic (exact) mass is 229 g/mol. The summed E-state index contributed by atoms with van der Waals surface area (Å²) in [5, 5.41) is 4.81. The molecular weight excluding hydrogens is 210 g/mol. The van der Waals surface area contributed by atoms with Gasteiger partial charge in [-0.3, -0.25) is 0 Å². The van der Waals surface area contributed by atoms with E-state index in [4.69, 9.17) is 5.73 Å². The summed E-state index contributed by atoms with van der Waals surface area (Å²) in [4.78, 5) is 3.33. The van der Waals surface area contributed by atoms with Crippen LogP contribution in [0.1, 0.15) is 24.9 Å². The minimum Gasteiger partial charge on any atom is -0.361 e. The highest BCUT2D eigenvalue weighted by atomic mass is 15.0. The number of aromatic amines is 1. The molecule has 0 saturated carbocycles. The number of nitrogens with one attached hydrogen (secondary N) is 2. The molecule has 1 aliphatic heterocycles. The topological polar surface area (TPSA) is 53.8 Å². The molecule has 3 unspecified atom stereocenters. The van der Waals surface area contributed by atoms with Gasteiger partial charge in [-0.2, -0.15) is 0 Å². The van der Waals surface area contributed by atoms with Gasteiger partial charge in [0.15, 0.2) is 0 Å². The smallest absolute Gasteiger partial charge is 0.0503 e. The number of hydrogen-bond acceptors (Lipinski definition) is 2. The minimum atomic E-state index is 0.192. The van der Waals surface area contributed by atoms with E-state index in [1.165, 1.54) is 22.9 Å². The lowest BCUT2D eigenvalue weighted by Crippen LogP contribution is -2.47. The number of fused-ring (bicyclic) bond motifs is 1. The summed E-state index contributed by atoms with van der Waals surface area (Å²) in [6.45, 7) is 3.30. The minimum absolute atomic E-state index is 0.192. The second kappa shape index (κ2) is 4.17. The van der Waals surface area contributed by atoms with Crippen molar-refractivity contribution in [2.24, 2.45) is 11.7 Å². The third-order valence-electron chi connectivity index (χ3n) is 3.96. The lowest BCUT2D eigenvalue weighted by molar-refractivity contribution is 0.276. The number of benzene rings is 1. The highest BCUT2D eigenvalue weighted by Crippen LogP contribution is 2.30. The van der Waals surface area contributed by atoms with Crippen LogP contribution in [0.15, 0.2) is 30.5 Å². The number of para-hydroxylation sites is 1. The van der Waals surface area contributed by atoms with Gasteiger partial charge in [-0.05, 0) is 35.9 Å². The maximum Gasteiger partial charge on any atom is 0.0503 e. The van der Waals surface area contributed by atoms with Crippen LogP contribution in [-0.2, 0) is 0 Å². The molecule has 4 N–H and O–H groups in total. The number of rotatable bonds is 1. The van der Waals surface area contributed by atoms with Gasteiger partial charge >= 0.3 is 0 Å². The van der Waals surface area contributed by atoms with E-state index in [1.54, 1.807) is 0 Å². The summed E-state index contributed by atoms with van der Waals surface area (Å²) in [5.74, 6) is 0.575. The highest BCUT2D eigenvalue weighted by Gasteiger charge is 2.29. The molecule has 0 radical (unpaired) electrons. The number of nitrogens with two attached hydrogens (primary N) is 1. The van der Waals surface area contributed by atoms with Crippen LogP contribution < -0.4 is 11.1 Å². The van der Waals surface area contributed by atoms with E-state index in [0.29, 0.717) is 5.92 Å². The lowest BCUT2D eigenvalue weighted by Gasteiger charge is -2.35. The van der Waals surface area contributed by atoms with Crippen LogP contribution >= 0.6 is 0 Å². The predicted molar refractivity (Wildman–Crippen MR) is 70.8 cm³/mol. The van der Waals surface area contributed by atoms with Crippen molar-refractivity contribution in [2.75, 3.05) is 6.54 Å². The number of H-pyrrole nitrogens is 1. The van der Waals surface area contributed by atoms with Crippen molar-refractivity contribution in [3.63, 3.8) is 0 Å². The molecule has 3 rings (SSSR count). The highest BCUT2D eigenvalue weighted by molar-refractivity contribution is 5.83. The van der Waals surface area contributed by atoms with Gasteiger partial charge < -0.3 is 16.0 Å². The zero-order valence-corrected chi connectivity index (χ0v) is 10.1. The molecule has 0 spiro atoms. The van der Waals surface area contributed by atoms with Gasteiger partial charge in [-0.15, -0.1) is 0 Å². The van der Waals surface area contributed by atoms with E-state index in [-0.39, 0.29) is 12.1 Å². The van der Waals surface area contributed by atoms with Gasteiger partial charge in [0.2, 0.25) is 0 Å². The van der Waals surface area contributed by atoms with Gasteiger partial charge in [0.1, 0.15) is 0 Å². The summed E-state index contributed by atoms with van der Waals surface area (Å²) in [6, 6.07) is 8.98. The summed E-state index contributed by atoms with van der Waals surface area (Å²) >= 11 is 0. The van der Waals surface area contributed by atoms with Gasteiger partial charge in [-0.1, -0.05) is 25.1 Å². The van der Waals surface area contributed by atoms with Crippen molar-refractivity contribution in [1.29, 1.82) is 0 Å². The molecule has 90 valence electrons. The molecular formula is C14H19N3. The van der Waals surface area contributed by atoms with E-state index in [0.717, 1.165) is 6.54 Å². The predicted octanol–water partition coefficient (Wildman–Crippen LogP) is 2.17. The molecule has 1 saturated heterocycles. The average molecular weight is 229 g/mol. The summed E-state index contributed by atoms with van der Waals surface area (Å²) < 4.78 is 0. The Bertz CT molecular complexity index is 517. The summed E-state index contributed by atoms with van der Waals surface area (Å²) in [7, 11) is 0. The van der Waals surface area contributed by atoms with Crippen molar-refractivity contribution in [3.05, 3.63) is 36.0 Å². The fourth-order valence-electron chi connectivity index (χ4n) is 2.81. The first-order valence-electron chi connectivity index (χ1n) is 6.32. The molecule has 0 aliphatic carbocycles. The maximum atomic E-state index is 6.34. The normalized spacial score (nSPS) is 29.6. The SMILES string of the molecule is CC1CCNC(c2cccc3cc[nH]c23)C1N. The number of aromatic nitrogens is 1. The van der Waals surface area contributed by atoms with Gasteiger partial charge in [0.25, 0.3) is 0 Å². The fourth-order valence-corrected chi connectivity index (χ4v) is 2.81. The molecule has 2 heterocycles. The Morgan fingerprint density at radius 1 is 1.29 bits per heavy atom. The third kappa shape index (κ3) is 1.75. The molecule has 1 aliphatic rings. The van der Waals surface area contributed by atoms with Crippen molar-refractivity contribution in [2.45, 2.75) is 25.4 Å². The standard InChI is InChI=1S/C14H19N3/c1-9-5-7-17-14(12(9)15)11-4-2-3-10-6-8-16-13(10)11/h2-4,6,8-9,12,14,16-17H,5,7,15H2,1H3. The molecule has 0 amide bonds. The van der Waals surface area contributed by atoms with Gasteiger partial charge in [0.05, 0.1) is 5.52 Å². The first kappa shape index (κ1) is 10.8. The molecule has 0 bridgehead atoms. The zero-order valence-electron chi connectivity index (χ0n) is 10.1. The molecule has 1 fully saturated rings. The fraction of sp³-hybridized carbons (Fsp3) is 0.429. The van der Waals surface area contributed by atoms with Crippen LogP contribution in [0.3, 0.4) is 0 Å². The first-order chi connectivity index (χ1) is 8.27. The molecule has 17 heavy (non-hydrogen) atoms. The van der Waals surface area contributed by atoms with Crippen LogP contribution in [0.25, 0.3) is 10.9 Å². The van der Waals surface area contributed by atoms with Crippen molar-refractivity contribution < 1.29 is 0 Å². The molecule has 3 nitrogen and oxygen atoms in total. The Kier molecular flexibility index (Phi) is 2.65. The van der Waals surface area contributed by atoms with Crippen molar-refractivity contribution in [1.82, 2.24) is 10.3 Å². The Hall–Kier alpha value is -1.32. The molecule has 1 aromatic carbocycles. The van der Waals surface area contributed by atoms with Crippen LogP contribution in [0.4, 0.5) is 0 Å². The largest absolute Gasteiger partial charge is 0.361 e. The van der Waals surface area contributed by atoms with Crippen molar-refractivity contribution >= 4 is 10.9 Å². The first-order valence-corrected chi connectivity index (χ1v) is 6.32.